The van der Waals surface area contributed by atoms with Gasteiger partial charge >= 0.3 is 11.2 Å². The topological polar surface area (TPSA) is 77.5 Å². The Balaban J connectivity index is 1.72. The van der Waals surface area contributed by atoms with Gasteiger partial charge in [0.25, 0.3) is 0 Å². The lowest BCUT2D eigenvalue weighted by Gasteiger charge is -2.30. The Labute approximate surface area is 182 Å². The molecule has 0 saturated carbocycles. The number of rotatable bonds is 3. The molecule has 1 aliphatic heterocycles. The third-order valence-corrected chi connectivity index (χ3v) is 6.17. The van der Waals surface area contributed by atoms with E-state index in [9.17, 15) is 18.8 Å². The number of halogens is 1. The van der Waals surface area contributed by atoms with Gasteiger partial charge in [-0.1, -0.05) is 19.1 Å². The molecule has 0 N–H and O–H groups in total. The number of nitrogens with zero attached hydrogens (tertiary/aromatic N) is 3. The summed E-state index contributed by atoms with van der Waals surface area (Å²) in [4.78, 5) is 41.6. The van der Waals surface area contributed by atoms with Crippen LogP contribution in [0.2, 0.25) is 0 Å². The van der Waals surface area contributed by atoms with Crippen molar-refractivity contribution in [3.8, 4) is 5.69 Å². The SMILES string of the molecule is CC1CCN(C(=O)Cn2c(=O)n(-c3ccc(F)cc3)c(=O)c3oc4ccccc4c32)CC1. The lowest BCUT2D eigenvalue weighted by atomic mass is 9.99. The van der Waals surface area contributed by atoms with Crippen molar-refractivity contribution in [2.75, 3.05) is 13.1 Å². The van der Waals surface area contributed by atoms with Crippen molar-refractivity contribution < 1.29 is 13.6 Å². The van der Waals surface area contributed by atoms with Gasteiger partial charge in [-0.05, 0) is 55.2 Å². The molecule has 5 rings (SSSR count). The Morgan fingerprint density at radius 1 is 1.06 bits per heavy atom. The summed E-state index contributed by atoms with van der Waals surface area (Å²) < 4.78 is 21.5. The number of piperidine rings is 1. The summed E-state index contributed by atoms with van der Waals surface area (Å²) in [6, 6.07) is 12.1. The van der Waals surface area contributed by atoms with Crippen molar-refractivity contribution in [3.05, 3.63) is 75.2 Å². The average molecular weight is 435 g/mol. The summed E-state index contributed by atoms with van der Waals surface area (Å²) in [5.41, 5.74) is -0.383. The van der Waals surface area contributed by atoms with Crippen LogP contribution in [0.25, 0.3) is 27.8 Å². The second-order valence-electron chi connectivity index (χ2n) is 8.32. The molecule has 0 bridgehead atoms. The van der Waals surface area contributed by atoms with Crippen LogP contribution in [0.3, 0.4) is 0 Å². The molecule has 2 aromatic heterocycles. The first-order valence-electron chi connectivity index (χ1n) is 10.6. The summed E-state index contributed by atoms with van der Waals surface area (Å²) in [5.74, 6) is -0.108. The Kier molecular flexibility index (Phi) is 4.92. The van der Waals surface area contributed by atoms with Gasteiger partial charge in [0.1, 0.15) is 23.5 Å². The molecule has 164 valence electrons. The molecule has 8 heteroatoms. The summed E-state index contributed by atoms with van der Waals surface area (Å²) in [6.45, 7) is 3.23. The van der Waals surface area contributed by atoms with Crippen LogP contribution < -0.4 is 11.2 Å². The van der Waals surface area contributed by atoms with Crippen LogP contribution in [0, 0.1) is 11.7 Å². The molecule has 1 saturated heterocycles. The van der Waals surface area contributed by atoms with Crippen molar-refractivity contribution in [1.29, 1.82) is 0 Å². The quantitative estimate of drug-likeness (QED) is 0.495. The van der Waals surface area contributed by atoms with E-state index in [-0.39, 0.29) is 23.7 Å². The minimum atomic E-state index is -0.667. The fraction of sp³-hybridized carbons (Fsp3) is 0.292. The summed E-state index contributed by atoms with van der Waals surface area (Å²) in [5, 5.41) is 0.586. The van der Waals surface area contributed by atoms with Crippen LogP contribution in [-0.4, -0.2) is 33.0 Å². The maximum absolute atomic E-state index is 13.5. The second kappa shape index (κ2) is 7.78. The molecule has 0 radical (unpaired) electrons. The Morgan fingerprint density at radius 2 is 1.75 bits per heavy atom. The van der Waals surface area contributed by atoms with Gasteiger partial charge in [-0.25, -0.2) is 13.8 Å². The lowest BCUT2D eigenvalue weighted by Crippen LogP contribution is -2.44. The van der Waals surface area contributed by atoms with Gasteiger partial charge in [0.15, 0.2) is 0 Å². The van der Waals surface area contributed by atoms with Crippen LogP contribution >= 0.6 is 0 Å². The van der Waals surface area contributed by atoms with E-state index in [0.29, 0.717) is 35.5 Å². The molecular formula is C24H22FN3O4. The van der Waals surface area contributed by atoms with E-state index < -0.39 is 17.1 Å². The van der Waals surface area contributed by atoms with Gasteiger partial charge in [-0.15, -0.1) is 0 Å². The van der Waals surface area contributed by atoms with Gasteiger partial charge in [0, 0.05) is 18.5 Å². The Bertz CT molecular complexity index is 1440. The number of benzene rings is 2. The maximum Gasteiger partial charge on any atom is 0.336 e. The van der Waals surface area contributed by atoms with E-state index in [0.717, 1.165) is 17.4 Å². The minimum absolute atomic E-state index is 0.0183. The number of fused-ring (bicyclic) bond motifs is 3. The number of aromatic nitrogens is 2. The van der Waals surface area contributed by atoms with Crippen molar-refractivity contribution >= 4 is 28.0 Å². The van der Waals surface area contributed by atoms with Gasteiger partial charge in [0.05, 0.1) is 5.69 Å². The van der Waals surface area contributed by atoms with Gasteiger partial charge < -0.3 is 9.32 Å². The molecule has 0 aliphatic carbocycles. The molecule has 3 heterocycles. The van der Waals surface area contributed by atoms with Crippen molar-refractivity contribution in [1.82, 2.24) is 14.0 Å². The minimum Gasteiger partial charge on any atom is -0.449 e. The number of hydrogen-bond donors (Lipinski definition) is 0. The molecule has 32 heavy (non-hydrogen) atoms. The molecule has 4 aromatic rings. The molecule has 0 spiro atoms. The molecule has 0 unspecified atom stereocenters. The molecular weight excluding hydrogens is 413 g/mol. The highest BCUT2D eigenvalue weighted by Crippen LogP contribution is 2.26. The van der Waals surface area contributed by atoms with Crippen molar-refractivity contribution in [2.45, 2.75) is 26.3 Å². The zero-order chi connectivity index (χ0) is 22.4. The summed E-state index contributed by atoms with van der Waals surface area (Å²) in [6.07, 6.45) is 1.83. The number of likely N-dealkylation sites (tertiary alicyclic amines) is 1. The number of hydrogen-bond acceptors (Lipinski definition) is 4. The van der Waals surface area contributed by atoms with Gasteiger partial charge in [-0.2, -0.15) is 0 Å². The average Bonchev–Trinajstić information content (AvgIpc) is 3.18. The third kappa shape index (κ3) is 3.32. The highest BCUT2D eigenvalue weighted by molar-refractivity contribution is 6.02. The van der Waals surface area contributed by atoms with Gasteiger partial charge in [0.2, 0.25) is 11.5 Å². The standard InChI is InChI=1S/C24H22FN3O4/c1-15-10-12-26(13-11-15)20(29)14-27-21-18-4-2-3-5-19(18)32-22(21)23(30)28(24(27)31)17-8-6-16(25)7-9-17/h2-9,15H,10-14H2,1H3. The fourth-order valence-electron chi connectivity index (χ4n) is 4.31. The highest BCUT2D eigenvalue weighted by Gasteiger charge is 2.25. The summed E-state index contributed by atoms with van der Waals surface area (Å²) >= 11 is 0. The first-order chi connectivity index (χ1) is 15.4. The molecule has 1 aliphatic rings. The molecule has 0 atom stereocenters. The monoisotopic (exact) mass is 435 g/mol. The first-order valence-corrected chi connectivity index (χ1v) is 10.6. The number of amides is 1. The smallest absolute Gasteiger partial charge is 0.336 e. The summed E-state index contributed by atoms with van der Waals surface area (Å²) in [7, 11) is 0. The zero-order valence-electron chi connectivity index (χ0n) is 17.6. The van der Waals surface area contributed by atoms with Crippen LogP contribution in [0.4, 0.5) is 4.39 Å². The van der Waals surface area contributed by atoms with Crippen LogP contribution in [-0.2, 0) is 11.3 Å². The number of para-hydroxylation sites is 1. The van der Waals surface area contributed by atoms with Crippen molar-refractivity contribution in [3.63, 3.8) is 0 Å². The van der Waals surface area contributed by atoms with Crippen molar-refractivity contribution in [2.24, 2.45) is 5.92 Å². The predicted molar refractivity (Wildman–Crippen MR) is 119 cm³/mol. The third-order valence-electron chi connectivity index (χ3n) is 6.17. The molecule has 1 fully saturated rings. The number of carbonyl (C=O) groups is 1. The fourth-order valence-corrected chi connectivity index (χ4v) is 4.31. The van der Waals surface area contributed by atoms with E-state index in [1.54, 1.807) is 29.2 Å². The van der Waals surface area contributed by atoms with E-state index >= 15 is 0 Å². The van der Waals surface area contributed by atoms with E-state index in [2.05, 4.69) is 6.92 Å². The Hall–Kier alpha value is -3.68. The van der Waals surface area contributed by atoms with Crippen LogP contribution in [0.15, 0.2) is 62.5 Å². The largest absolute Gasteiger partial charge is 0.449 e. The van der Waals surface area contributed by atoms with E-state index in [4.69, 9.17) is 4.42 Å². The van der Waals surface area contributed by atoms with E-state index in [1.807, 2.05) is 0 Å². The first kappa shape index (κ1) is 20.2. The normalized spacial score (nSPS) is 15.0. The van der Waals surface area contributed by atoms with Crippen LogP contribution in [0.1, 0.15) is 19.8 Å². The number of carbonyl (C=O) groups excluding carboxylic acids is 1. The lowest BCUT2D eigenvalue weighted by molar-refractivity contribution is -0.133. The molecule has 1 amide bonds. The zero-order valence-corrected chi connectivity index (χ0v) is 17.6. The Morgan fingerprint density at radius 3 is 2.47 bits per heavy atom. The predicted octanol–water partition coefficient (Wildman–Crippen LogP) is 3.30. The molecule has 7 nitrogen and oxygen atoms in total. The van der Waals surface area contributed by atoms with Crippen LogP contribution in [0.5, 0.6) is 0 Å². The highest BCUT2D eigenvalue weighted by atomic mass is 19.1. The maximum atomic E-state index is 13.5. The van der Waals surface area contributed by atoms with E-state index in [1.165, 1.54) is 28.8 Å². The molecule has 2 aromatic carbocycles. The number of furan rings is 1. The second-order valence-corrected chi connectivity index (χ2v) is 8.32. The van der Waals surface area contributed by atoms with Gasteiger partial charge in [-0.3, -0.25) is 14.2 Å².